The molecular formula is C11H22N2O. The van der Waals surface area contributed by atoms with E-state index in [0.29, 0.717) is 6.42 Å². The Kier molecular flexibility index (Phi) is 5.12. The first-order chi connectivity index (χ1) is 6.68. The summed E-state index contributed by atoms with van der Waals surface area (Å²) in [6.07, 6.45) is 3.26. The average Bonchev–Trinajstić information content (AvgIpc) is 2.15. The fraction of sp³-hybridized carbons (Fsp3) is 0.909. The molecule has 1 aliphatic rings. The number of Topliss-reactive ketones (excluding diaryl/α,β-unsaturated/α-hetero) is 1. The summed E-state index contributed by atoms with van der Waals surface area (Å²) in [5.41, 5.74) is 0. The van der Waals surface area contributed by atoms with Crippen LogP contribution in [-0.4, -0.2) is 43.9 Å². The van der Waals surface area contributed by atoms with Crippen molar-refractivity contribution in [1.29, 1.82) is 0 Å². The van der Waals surface area contributed by atoms with Crippen LogP contribution < -0.4 is 5.32 Å². The maximum absolute atomic E-state index is 10.7. The van der Waals surface area contributed by atoms with Crippen molar-refractivity contribution in [3.63, 3.8) is 0 Å². The van der Waals surface area contributed by atoms with Crippen LogP contribution in [0, 0.1) is 5.92 Å². The summed E-state index contributed by atoms with van der Waals surface area (Å²) in [5, 5.41) is 3.36. The van der Waals surface area contributed by atoms with Gasteiger partial charge in [0.25, 0.3) is 0 Å². The highest BCUT2D eigenvalue weighted by molar-refractivity contribution is 5.75. The fourth-order valence-corrected chi connectivity index (χ4v) is 1.84. The van der Waals surface area contributed by atoms with Crippen LogP contribution in [0.1, 0.15) is 26.2 Å². The monoisotopic (exact) mass is 198 g/mol. The molecule has 1 fully saturated rings. The zero-order valence-corrected chi connectivity index (χ0v) is 9.38. The van der Waals surface area contributed by atoms with Crippen molar-refractivity contribution in [2.75, 3.05) is 33.2 Å². The summed E-state index contributed by atoms with van der Waals surface area (Å²) in [4.78, 5) is 13.1. The maximum Gasteiger partial charge on any atom is 0.131 e. The second-order valence-corrected chi connectivity index (χ2v) is 4.40. The van der Waals surface area contributed by atoms with Gasteiger partial charge in [0, 0.05) is 13.0 Å². The largest absolute Gasteiger partial charge is 0.316 e. The van der Waals surface area contributed by atoms with Gasteiger partial charge < -0.3 is 10.2 Å². The van der Waals surface area contributed by atoms with Crippen LogP contribution in [0.4, 0.5) is 0 Å². The van der Waals surface area contributed by atoms with Gasteiger partial charge in [-0.25, -0.2) is 0 Å². The van der Waals surface area contributed by atoms with Crippen LogP contribution in [0.5, 0.6) is 0 Å². The minimum absolute atomic E-state index is 0.279. The number of hydrogen-bond acceptors (Lipinski definition) is 3. The second kappa shape index (κ2) is 6.14. The van der Waals surface area contributed by atoms with Crippen molar-refractivity contribution in [3.05, 3.63) is 0 Å². The number of ketones is 1. The van der Waals surface area contributed by atoms with Crippen LogP contribution in [-0.2, 0) is 4.79 Å². The standard InChI is InChI=1S/C11H22N2O/c1-10(14)3-6-12-9-11-4-7-13(2)8-5-11/h11-12H,3-9H2,1-2H3. The first-order valence-electron chi connectivity index (χ1n) is 5.57. The predicted octanol–water partition coefficient (Wildman–Crippen LogP) is 0.897. The summed E-state index contributed by atoms with van der Waals surface area (Å²) in [6.45, 7) is 6.03. The van der Waals surface area contributed by atoms with Crippen molar-refractivity contribution in [2.24, 2.45) is 5.92 Å². The quantitative estimate of drug-likeness (QED) is 0.666. The summed E-state index contributed by atoms with van der Waals surface area (Å²) < 4.78 is 0. The van der Waals surface area contributed by atoms with E-state index in [9.17, 15) is 4.79 Å². The van der Waals surface area contributed by atoms with Gasteiger partial charge in [-0.15, -0.1) is 0 Å². The summed E-state index contributed by atoms with van der Waals surface area (Å²) in [7, 11) is 2.18. The molecule has 0 amide bonds. The molecule has 0 atom stereocenters. The Labute approximate surface area is 86.9 Å². The van der Waals surface area contributed by atoms with E-state index in [0.717, 1.165) is 19.0 Å². The van der Waals surface area contributed by atoms with Gasteiger partial charge in [0.1, 0.15) is 5.78 Å². The van der Waals surface area contributed by atoms with Crippen LogP contribution in [0.15, 0.2) is 0 Å². The maximum atomic E-state index is 10.7. The van der Waals surface area contributed by atoms with E-state index in [-0.39, 0.29) is 5.78 Å². The molecule has 0 bridgehead atoms. The highest BCUT2D eigenvalue weighted by atomic mass is 16.1. The molecular weight excluding hydrogens is 176 g/mol. The first-order valence-corrected chi connectivity index (χ1v) is 5.57. The number of nitrogens with zero attached hydrogens (tertiary/aromatic N) is 1. The first kappa shape index (κ1) is 11.7. The minimum atomic E-state index is 0.279. The lowest BCUT2D eigenvalue weighted by Crippen LogP contribution is -2.35. The topological polar surface area (TPSA) is 32.3 Å². The van der Waals surface area contributed by atoms with Crippen molar-refractivity contribution >= 4 is 5.78 Å². The Balaban J connectivity index is 1.99. The molecule has 1 heterocycles. The molecule has 1 aliphatic heterocycles. The van der Waals surface area contributed by atoms with Crippen molar-refractivity contribution < 1.29 is 4.79 Å². The number of rotatable bonds is 5. The molecule has 14 heavy (non-hydrogen) atoms. The van der Waals surface area contributed by atoms with E-state index < -0.39 is 0 Å². The molecule has 1 rings (SSSR count). The highest BCUT2D eigenvalue weighted by Crippen LogP contribution is 2.14. The molecule has 0 aromatic rings. The molecule has 1 N–H and O–H groups in total. The van der Waals surface area contributed by atoms with E-state index in [2.05, 4.69) is 17.3 Å². The highest BCUT2D eigenvalue weighted by Gasteiger charge is 2.15. The van der Waals surface area contributed by atoms with E-state index >= 15 is 0 Å². The molecule has 0 saturated carbocycles. The lowest BCUT2D eigenvalue weighted by Gasteiger charge is -2.28. The molecule has 0 unspecified atom stereocenters. The van der Waals surface area contributed by atoms with Gasteiger partial charge >= 0.3 is 0 Å². The zero-order chi connectivity index (χ0) is 10.4. The third kappa shape index (κ3) is 4.72. The average molecular weight is 198 g/mol. The van der Waals surface area contributed by atoms with Gasteiger partial charge in [0.2, 0.25) is 0 Å². The zero-order valence-electron chi connectivity index (χ0n) is 9.38. The van der Waals surface area contributed by atoms with Crippen LogP contribution in [0.2, 0.25) is 0 Å². The minimum Gasteiger partial charge on any atom is -0.316 e. The summed E-state index contributed by atoms with van der Waals surface area (Å²) >= 11 is 0. The van der Waals surface area contributed by atoms with Gasteiger partial charge in [-0.3, -0.25) is 4.79 Å². The molecule has 1 saturated heterocycles. The number of carbonyl (C=O) groups is 1. The Bertz CT molecular complexity index is 174. The third-order valence-electron chi connectivity index (χ3n) is 2.92. The summed E-state index contributed by atoms with van der Waals surface area (Å²) in [6, 6.07) is 0. The molecule has 0 radical (unpaired) electrons. The smallest absolute Gasteiger partial charge is 0.131 e. The molecule has 3 nitrogen and oxygen atoms in total. The molecule has 0 aromatic carbocycles. The van der Waals surface area contributed by atoms with Crippen LogP contribution in [0.3, 0.4) is 0 Å². The number of likely N-dealkylation sites (tertiary alicyclic amines) is 1. The Morgan fingerprint density at radius 3 is 2.64 bits per heavy atom. The molecule has 0 spiro atoms. The fourth-order valence-electron chi connectivity index (χ4n) is 1.84. The number of carbonyl (C=O) groups excluding carboxylic acids is 1. The second-order valence-electron chi connectivity index (χ2n) is 4.40. The van der Waals surface area contributed by atoms with Gasteiger partial charge in [-0.2, -0.15) is 0 Å². The van der Waals surface area contributed by atoms with Gasteiger partial charge in [0.05, 0.1) is 0 Å². The Morgan fingerprint density at radius 2 is 2.07 bits per heavy atom. The normalized spacial score (nSPS) is 19.9. The molecule has 3 heteroatoms. The van der Waals surface area contributed by atoms with Gasteiger partial charge in [0.15, 0.2) is 0 Å². The SMILES string of the molecule is CC(=O)CCNCC1CCN(C)CC1. The number of nitrogens with one attached hydrogen (secondary N) is 1. The van der Waals surface area contributed by atoms with Crippen LogP contribution in [0.25, 0.3) is 0 Å². The third-order valence-corrected chi connectivity index (χ3v) is 2.92. The van der Waals surface area contributed by atoms with Crippen molar-refractivity contribution in [2.45, 2.75) is 26.2 Å². The lowest BCUT2D eigenvalue weighted by atomic mass is 9.97. The van der Waals surface area contributed by atoms with Crippen molar-refractivity contribution in [1.82, 2.24) is 10.2 Å². The van der Waals surface area contributed by atoms with Crippen LogP contribution >= 0.6 is 0 Å². The molecule has 82 valence electrons. The predicted molar refractivity (Wildman–Crippen MR) is 58.4 cm³/mol. The van der Waals surface area contributed by atoms with Gasteiger partial charge in [-0.05, 0) is 52.4 Å². The Morgan fingerprint density at radius 1 is 1.43 bits per heavy atom. The number of piperidine rings is 1. The van der Waals surface area contributed by atoms with E-state index in [1.54, 1.807) is 6.92 Å². The molecule has 0 aromatic heterocycles. The Hall–Kier alpha value is -0.410. The van der Waals surface area contributed by atoms with Crippen molar-refractivity contribution in [3.8, 4) is 0 Å². The lowest BCUT2D eigenvalue weighted by molar-refractivity contribution is -0.116. The van der Waals surface area contributed by atoms with E-state index in [1.165, 1.54) is 25.9 Å². The van der Waals surface area contributed by atoms with Gasteiger partial charge in [-0.1, -0.05) is 0 Å². The number of hydrogen-bond donors (Lipinski definition) is 1. The van der Waals surface area contributed by atoms with E-state index in [1.807, 2.05) is 0 Å². The van der Waals surface area contributed by atoms with E-state index in [4.69, 9.17) is 0 Å². The molecule has 0 aliphatic carbocycles. The summed E-state index contributed by atoms with van der Waals surface area (Å²) in [5.74, 6) is 1.10.